The van der Waals surface area contributed by atoms with Crippen molar-refractivity contribution >= 4 is 28.7 Å². The van der Waals surface area contributed by atoms with Gasteiger partial charge in [0.25, 0.3) is 5.91 Å². The molecule has 0 bridgehead atoms. The van der Waals surface area contributed by atoms with E-state index in [0.29, 0.717) is 40.1 Å². The van der Waals surface area contributed by atoms with Gasteiger partial charge in [0, 0.05) is 35.9 Å². The van der Waals surface area contributed by atoms with Crippen LogP contribution in [0.4, 0.5) is 17.2 Å². The standard InChI is InChI=1S/C22H19N5O4/c1-29-18-6-4-14(10-19(18)30-2)24-21-22-23-7-8-27(22)11-16(26-21)13-3-5-17-15(9-13)25-20(28)12-31-17/h3-11H,12H2,1-2H3,(H,24,26)(H,25,28). The van der Waals surface area contributed by atoms with Crippen molar-refractivity contribution in [3.63, 3.8) is 0 Å². The second kappa shape index (κ2) is 7.52. The number of carbonyl (C=O) groups is 1. The van der Waals surface area contributed by atoms with E-state index in [4.69, 9.17) is 19.2 Å². The maximum absolute atomic E-state index is 11.7. The molecule has 5 rings (SSSR count). The van der Waals surface area contributed by atoms with Crippen molar-refractivity contribution in [2.24, 2.45) is 0 Å². The Morgan fingerprint density at radius 3 is 2.84 bits per heavy atom. The zero-order chi connectivity index (χ0) is 21.4. The maximum Gasteiger partial charge on any atom is 0.262 e. The van der Waals surface area contributed by atoms with Crippen molar-refractivity contribution in [3.8, 4) is 28.5 Å². The highest BCUT2D eigenvalue weighted by Crippen LogP contribution is 2.34. The van der Waals surface area contributed by atoms with Gasteiger partial charge in [0.1, 0.15) is 5.75 Å². The van der Waals surface area contributed by atoms with E-state index in [9.17, 15) is 4.79 Å². The summed E-state index contributed by atoms with van der Waals surface area (Å²) < 4.78 is 18.0. The third-order valence-corrected chi connectivity index (χ3v) is 4.93. The lowest BCUT2D eigenvalue weighted by Gasteiger charge is -2.18. The van der Waals surface area contributed by atoms with E-state index in [1.165, 1.54) is 0 Å². The summed E-state index contributed by atoms with van der Waals surface area (Å²) in [6.45, 7) is 0.0188. The Morgan fingerprint density at radius 1 is 1.13 bits per heavy atom. The first-order valence-electron chi connectivity index (χ1n) is 9.54. The third kappa shape index (κ3) is 3.46. The van der Waals surface area contributed by atoms with Crippen LogP contribution >= 0.6 is 0 Å². The van der Waals surface area contributed by atoms with Gasteiger partial charge in [-0.15, -0.1) is 0 Å². The number of aromatic nitrogens is 3. The van der Waals surface area contributed by atoms with Gasteiger partial charge in [-0.25, -0.2) is 9.97 Å². The molecule has 1 aliphatic rings. The molecule has 0 unspecified atom stereocenters. The van der Waals surface area contributed by atoms with E-state index >= 15 is 0 Å². The highest BCUT2D eigenvalue weighted by atomic mass is 16.5. The number of ether oxygens (including phenoxy) is 3. The zero-order valence-corrected chi connectivity index (χ0v) is 16.9. The number of imidazole rings is 1. The smallest absolute Gasteiger partial charge is 0.262 e. The predicted octanol–water partition coefficient (Wildman–Crippen LogP) is 3.49. The van der Waals surface area contributed by atoms with E-state index in [2.05, 4.69) is 15.6 Å². The zero-order valence-electron chi connectivity index (χ0n) is 16.9. The molecular formula is C22H19N5O4. The highest BCUT2D eigenvalue weighted by Gasteiger charge is 2.18. The molecule has 0 saturated heterocycles. The van der Waals surface area contributed by atoms with Gasteiger partial charge < -0.3 is 29.2 Å². The summed E-state index contributed by atoms with van der Waals surface area (Å²) in [7, 11) is 3.18. The topological polar surface area (TPSA) is 99.0 Å². The first kappa shape index (κ1) is 18.7. The summed E-state index contributed by atoms with van der Waals surface area (Å²) >= 11 is 0. The van der Waals surface area contributed by atoms with Crippen molar-refractivity contribution in [2.75, 3.05) is 31.5 Å². The van der Waals surface area contributed by atoms with Gasteiger partial charge in [0.2, 0.25) is 0 Å². The molecule has 1 amide bonds. The van der Waals surface area contributed by atoms with Crippen LogP contribution in [0.25, 0.3) is 16.9 Å². The number of fused-ring (bicyclic) bond motifs is 2. The van der Waals surface area contributed by atoms with E-state index < -0.39 is 0 Å². The van der Waals surface area contributed by atoms with Crippen LogP contribution in [0.15, 0.2) is 55.0 Å². The summed E-state index contributed by atoms with van der Waals surface area (Å²) in [5.41, 5.74) is 3.61. The fourth-order valence-corrected chi connectivity index (χ4v) is 3.45. The number of anilines is 3. The minimum atomic E-state index is -0.182. The number of rotatable bonds is 5. The number of hydrogen-bond acceptors (Lipinski definition) is 7. The molecular weight excluding hydrogens is 398 g/mol. The lowest BCUT2D eigenvalue weighted by molar-refractivity contribution is -0.118. The summed E-state index contributed by atoms with van der Waals surface area (Å²) in [5, 5.41) is 6.14. The number of amides is 1. The molecule has 156 valence electrons. The maximum atomic E-state index is 11.7. The van der Waals surface area contributed by atoms with E-state index in [0.717, 1.165) is 11.3 Å². The molecule has 3 heterocycles. The molecule has 0 spiro atoms. The average molecular weight is 417 g/mol. The largest absolute Gasteiger partial charge is 0.493 e. The highest BCUT2D eigenvalue weighted by molar-refractivity contribution is 5.96. The fraction of sp³-hybridized carbons (Fsp3) is 0.136. The second-order valence-electron chi connectivity index (χ2n) is 6.88. The minimum absolute atomic E-state index is 0.0188. The van der Waals surface area contributed by atoms with Gasteiger partial charge in [-0.1, -0.05) is 0 Å². The van der Waals surface area contributed by atoms with Crippen LogP contribution in [-0.2, 0) is 4.79 Å². The van der Waals surface area contributed by atoms with E-state index in [1.807, 2.05) is 53.2 Å². The average Bonchev–Trinajstić information content (AvgIpc) is 3.27. The Bertz CT molecular complexity index is 1300. The number of nitrogens with zero attached hydrogens (tertiary/aromatic N) is 3. The van der Waals surface area contributed by atoms with Crippen molar-refractivity contribution in [3.05, 3.63) is 55.0 Å². The van der Waals surface area contributed by atoms with E-state index in [-0.39, 0.29) is 12.5 Å². The number of benzene rings is 2. The van der Waals surface area contributed by atoms with Crippen LogP contribution in [0.1, 0.15) is 0 Å². The van der Waals surface area contributed by atoms with Crippen LogP contribution in [-0.4, -0.2) is 41.1 Å². The molecule has 2 aromatic heterocycles. The summed E-state index contributed by atoms with van der Waals surface area (Å²) in [6, 6.07) is 11.1. The molecule has 9 nitrogen and oxygen atoms in total. The predicted molar refractivity (Wildman–Crippen MR) is 115 cm³/mol. The van der Waals surface area contributed by atoms with Crippen LogP contribution < -0.4 is 24.8 Å². The molecule has 0 radical (unpaired) electrons. The Morgan fingerprint density at radius 2 is 2.00 bits per heavy atom. The monoisotopic (exact) mass is 417 g/mol. The van der Waals surface area contributed by atoms with Crippen LogP contribution in [0.3, 0.4) is 0 Å². The number of methoxy groups -OCH3 is 2. The SMILES string of the molecule is COc1ccc(Nc2nc(-c3ccc4c(c3)NC(=O)CO4)cn3ccnc23)cc1OC. The molecule has 0 atom stereocenters. The molecule has 9 heteroatoms. The van der Waals surface area contributed by atoms with Crippen LogP contribution in [0, 0.1) is 0 Å². The lowest BCUT2D eigenvalue weighted by Crippen LogP contribution is -2.25. The van der Waals surface area contributed by atoms with Crippen molar-refractivity contribution in [1.29, 1.82) is 0 Å². The minimum Gasteiger partial charge on any atom is -0.493 e. The van der Waals surface area contributed by atoms with Gasteiger partial charge in [-0.3, -0.25) is 4.79 Å². The Labute approximate surface area is 177 Å². The number of nitrogens with one attached hydrogen (secondary N) is 2. The first-order valence-corrected chi connectivity index (χ1v) is 9.54. The summed E-state index contributed by atoms with van der Waals surface area (Å²) in [5.74, 6) is 2.27. The Balaban J connectivity index is 1.55. The van der Waals surface area contributed by atoms with Gasteiger partial charge in [-0.2, -0.15) is 0 Å². The van der Waals surface area contributed by atoms with Gasteiger partial charge >= 0.3 is 0 Å². The molecule has 0 saturated carbocycles. The number of carbonyl (C=O) groups excluding carboxylic acids is 1. The number of hydrogen-bond donors (Lipinski definition) is 2. The van der Waals surface area contributed by atoms with E-state index in [1.54, 1.807) is 20.4 Å². The summed E-state index contributed by atoms with van der Waals surface area (Å²) in [4.78, 5) is 20.9. The molecule has 0 fully saturated rings. The molecule has 2 N–H and O–H groups in total. The lowest BCUT2D eigenvalue weighted by atomic mass is 10.1. The van der Waals surface area contributed by atoms with Crippen molar-refractivity contribution in [1.82, 2.24) is 14.4 Å². The fourth-order valence-electron chi connectivity index (χ4n) is 3.45. The van der Waals surface area contributed by atoms with Gasteiger partial charge in [-0.05, 0) is 30.3 Å². The van der Waals surface area contributed by atoms with Crippen LogP contribution in [0.5, 0.6) is 17.2 Å². The molecule has 2 aromatic carbocycles. The van der Waals surface area contributed by atoms with Crippen molar-refractivity contribution < 1.29 is 19.0 Å². The van der Waals surface area contributed by atoms with Gasteiger partial charge in [0.15, 0.2) is 29.6 Å². The summed E-state index contributed by atoms with van der Waals surface area (Å²) in [6.07, 6.45) is 5.44. The first-order chi connectivity index (χ1) is 15.1. The molecule has 4 aromatic rings. The Hall–Kier alpha value is -4.27. The van der Waals surface area contributed by atoms with Crippen molar-refractivity contribution in [2.45, 2.75) is 0 Å². The third-order valence-electron chi connectivity index (χ3n) is 4.93. The molecule has 0 aliphatic carbocycles. The normalized spacial score (nSPS) is 12.6. The quantitative estimate of drug-likeness (QED) is 0.513. The molecule has 1 aliphatic heterocycles. The van der Waals surface area contributed by atoms with Gasteiger partial charge in [0.05, 0.1) is 25.6 Å². The molecule has 31 heavy (non-hydrogen) atoms. The Kier molecular flexibility index (Phi) is 4.55. The second-order valence-corrected chi connectivity index (χ2v) is 6.88. The van der Waals surface area contributed by atoms with Crippen LogP contribution in [0.2, 0.25) is 0 Å².